The van der Waals surface area contributed by atoms with Gasteiger partial charge in [0, 0.05) is 25.1 Å². The van der Waals surface area contributed by atoms with Crippen molar-refractivity contribution in [3.05, 3.63) is 53.6 Å². The van der Waals surface area contributed by atoms with Crippen LogP contribution in [0.15, 0.2) is 52.5 Å². The SMILES string of the molecule is COc1ccc(S(=O)(=O)N2CCC(C(=O)N/N=C\c3ccc(C(C)(C)C)cc3)CC2)cc1OC. The van der Waals surface area contributed by atoms with Gasteiger partial charge in [0.15, 0.2) is 11.5 Å². The van der Waals surface area contributed by atoms with Crippen molar-refractivity contribution in [2.24, 2.45) is 11.0 Å². The first-order valence-electron chi connectivity index (χ1n) is 11.2. The average Bonchev–Trinajstić information content (AvgIpc) is 2.83. The smallest absolute Gasteiger partial charge is 0.243 e. The molecule has 1 aliphatic rings. The van der Waals surface area contributed by atoms with Crippen LogP contribution >= 0.6 is 0 Å². The van der Waals surface area contributed by atoms with E-state index in [0.29, 0.717) is 24.3 Å². The highest BCUT2D eigenvalue weighted by molar-refractivity contribution is 7.89. The highest BCUT2D eigenvalue weighted by Crippen LogP contribution is 2.32. The van der Waals surface area contributed by atoms with Crippen molar-refractivity contribution >= 4 is 22.1 Å². The van der Waals surface area contributed by atoms with E-state index in [4.69, 9.17) is 9.47 Å². The van der Waals surface area contributed by atoms with Crippen molar-refractivity contribution in [3.8, 4) is 11.5 Å². The summed E-state index contributed by atoms with van der Waals surface area (Å²) in [6.07, 6.45) is 2.46. The zero-order valence-electron chi connectivity index (χ0n) is 20.4. The van der Waals surface area contributed by atoms with E-state index in [-0.39, 0.29) is 35.2 Å². The summed E-state index contributed by atoms with van der Waals surface area (Å²) in [7, 11) is -0.745. The lowest BCUT2D eigenvalue weighted by Gasteiger charge is -2.30. The second-order valence-electron chi connectivity index (χ2n) is 9.30. The van der Waals surface area contributed by atoms with E-state index >= 15 is 0 Å². The Balaban J connectivity index is 1.56. The molecule has 1 fully saturated rings. The van der Waals surface area contributed by atoms with E-state index in [9.17, 15) is 13.2 Å². The summed E-state index contributed by atoms with van der Waals surface area (Å²) >= 11 is 0. The minimum atomic E-state index is -3.70. The molecule has 0 aromatic heterocycles. The molecular weight excluding hydrogens is 454 g/mol. The fraction of sp³-hybridized carbons (Fsp3) is 0.440. The van der Waals surface area contributed by atoms with E-state index in [1.165, 1.54) is 36.2 Å². The number of hydrazone groups is 1. The zero-order valence-corrected chi connectivity index (χ0v) is 21.2. The molecule has 0 spiro atoms. The third-order valence-electron chi connectivity index (χ3n) is 5.98. The lowest BCUT2D eigenvalue weighted by atomic mass is 9.87. The highest BCUT2D eigenvalue weighted by atomic mass is 32.2. The van der Waals surface area contributed by atoms with Crippen LogP contribution < -0.4 is 14.9 Å². The predicted molar refractivity (Wildman–Crippen MR) is 132 cm³/mol. The second kappa shape index (κ2) is 10.6. The maximum absolute atomic E-state index is 13.1. The Morgan fingerprint density at radius 2 is 1.65 bits per heavy atom. The first-order valence-corrected chi connectivity index (χ1v) is 12.7. The number of rotatable bonds is 7. The first-order chi connectivity index (χ1) is 16.1. The highest BCUT2D eigenvalue weighted by Gasteiger charge is 2.32. The number of sulfonamides is 1. The van der Waals surface area contributed by atoms with E-state index in [0.717, 1.165) is 5.56 Å². The molecule has 2 aromatic rings. The normalized spacial score (nSPS) is 15.9. The van der Waals surface area contributed by atoms with E-state index in [1.807, 2.05) is 12.1 Å². The molecule has 34 heavy (non-hydrogen) atoms. The fourth-order valence-corrected chi connectivity index (χ4v) is 5.30. The van der Waals surface area contributed by atoms with Crippen LogP contribution in [0.2, 0.25) is 0 Å². The van der Waals surface area contributed by atoms with Crippen LogP contribution in [0.5, 0.6) is 11.5 Å². The van der Waals surface area contributed by atoms with Gasteiger partial charge in [0.1, 0.15) is 0 Å². The van der Waals surface area contributed by atoms with Crippen LogP contribution in [0, 0.1) is 5.92 Å². The number of carbonyl (C=O) groups is 1. The van der Waals surface area contributed by atoms with Crippen molar-refractivity contribution in [2.45, 2.75) is 43.9 Å². The van der Waals surface area contributed by atoms with Gasteiger partial charge in [0.05, 0.1) is 25.3 Å². The zero-order chi connectivity index (χ0) is 24.9. The quantitative estimate of drug-likeness (QED) is 0.476. The van der Waals surface area contributed by atoms with Crippen molar-refractivity contribution in [1.29, 1.82) is 0 Å². The van der Waals surface area contributed by atoms with Crippen molar-refractivity contribution in [1.82, 2.24) is 9.73 Å². The van der Waals surface area contributed by atoms with Gasteiger partial charge in [-0.2, -0.15) is 9.41 Å². The maximum atomic E-state index is 13.1. The van der Waals surface area contributed by atoms with Gasteiger partial charge in [-0.1, -0.05) is 45.0 Å². The molecule has 1 amide bonds. The van der Waals surface area contributed by atoms with E-state index in [1.54, 1.807) is 12.3 Å². The van der Waals surface area contributed by atoms with Gasteiger partial charge in [-0.25, -0.2) is 13.8 Å². The summed E-state index contributed by atoms with van der Waals surface area (Å²) < 4.78 is 37.9. The van der Waals surface area contributed by atoms with Crippen molar-refractivity contribution < 1.29 is 22.7 Å². The third kappa shape index (κ3) is 5.95. The van der Waals surface area contributed by atoms with Crippen molar-refractivity contribution in [2.75, 3.05) is 27.3 Å². The Morgan fingerprint density at radius 3 is 2.21 bits per heavy atom. The first kappa shape index (κ1) is 25.7. The molecule has 0 aliphatic carbocycles. The number of amides is 1. The number of benzene rings is 2. The molecular formula is C25H33N3O5S. The van der Waals surface area contributed by atoms with Gasteiger partial charge < -0.3 is 9.47 Å². The summed E-state index contributed by atoms with van der Waals surface area (Å²) in [5.74, 6) is 0.314. The molecule has 0 radical (unpaired) electrons. The number of piperidine rings is 1. The molecule has 0 unspecified atom stereocenters. The summed E-state index contributed by atoms with van der Waals surface area (Å²) in [4.78, 5) is 12.7. The number of hydrogen-bond acceptors (Lipinski definition) is 6. The lowest BCUT2D eigenvalue weighted by Crippen LogP contribution is -2.42. The molecule has 0 saturated carbocycles. The standard InChI is InChI=1S/C25H33N3O5S/c1-25(2,3)20-8-6-18(7-9-20)17-26-27-24(29)19-12-14-28(15-13-19)34(30,31)21-10-11-22(32-4)23(16-21)33-5/h6-11,16-17,19H,12-15H2,1-5H3,(H,27,29)/b26-17-. The van der Waals surface area contributed by atoms with Crippen LogP contribution in [-0.2, 0) is 20.2 Å². The van der Waals surface area contributed by atoms with Crippen LogP contribution in [0.3, 0.4) is 0 Å². The van der Waals surface area contributed by atoms with Gasteiger partial charge in [0.2, 0.25) is 15.9 Å². The number of nitrogens with one attached hydrogen (secondary N) is 1. The number of nitrogens with zero attached hydrogens (tertiary/aromatic N) is 2. The van der Waals surface area contributed by atoms with Crippen LogP contribution in [0.4, 0.5) is 0 Å². The number of hydrogen-bond donors (Lipinski definition) is 1. The monoisotopic (exact) mass is 487 g/mol. The Morgan fingerprint density at radius 1 is 1.03 bits per heavy atom. The molecule has 1 aliphatic heterocycles. The summed E-state index contributed by atoms with van der Waals surface area (Å²) in [6, 6.07) is 12.6. The third-order valence-corrected chi connectivity index (χ3v) is 7.88. The largest absolute Gasteiger partial charge is 0.493 e. The average molecular weight is 488 g/mol. The summed E-state index contributed by atoms with van der Waals surface area (Å²) in [6.45, 7) is 6.97. The Kier molecular flexibility index (Phi) is 7.99. The van der Waals surface area contributed by atoms with Crippen LogP contribution in [-0.4, -0.2) is 52.2 Å². The lowest BCUT2D eigenvalue weighted by molar-refractivity contribution is -0.126. The number of methoxy groups -OCH3 is 2. The number of carbonyl (C=O) groups excluding carboxylic acids is 1. The van der Waals surface area contributed by atoms with Gasteiger partial charge in [0.25, 0.3) is 0 Å². The topological polar surface area (TPSA) is 97.3 Å². The molecule has 1 saturated heterocycles. The van der Waals surface area contributed by atoms with Gasteiger partial charge in [-0.3, -0.25) is 4.79 Å². The fourth-order valence-electron chi connectivity index (χ4n) is 3.82. The number of ether oxygens (including phenoxy) is 2. The van der Waals surface area contributed by atoms with Crippen LogP contribution in [0.25, 0.3) is 0 Å². The molecule has 0 atom stereocenters. The molecule has 3 rings (SSSR count). The molecule has 2 aromatic carbocycles. The van der Waals surface area contributed by atoms with Gasteiger partial charge in [-0.05, 0) is 41.5 Å². The van der Waals surface area contributed by atoms with Crippen molar-refractivity contribution in [3.63, 3.8) is 0 Å². The maximum Gasteiger partial charge on any atom is 0.243 e. The molecule has 9 heteroatoms. The Bertz CT molecular complexity index is 1130. The van der Waals surface area contributed by atoms with E-state index < -0.39 is 10.0 Å². The van der Waals surface area contributed by atoms with Gasteiger partial charge >= 0.3 is 0 Å². The van der Waals surface area contributed by atoms with Crippen LogP contribution in [0.1, 0.15) is 44.7 Å². The minimum Gasteiger partial charge on any atom is -0.493 e. The molecule has 0 bridgehead atoms. The minimum absolute atomic E-state index is 0.0751. The molecule has 8 nitrogen and oxygen atoms in total. The Hall–Kier alpha value is -2.91. The summed E-state index contributed by atoms with van der Waals surface area (Å²) in [5, 5.41) is 4.08. The van der Waals surface area contributed by atoms with Gasteiger partial charge in [-0.15, -0.1) is 0 Å². The van der Waals surface area contributed by atoms with E-state index in [2.05, 4.69) is 43.4 Å². The molecule has 1 heterocycles. The predicted octanol–water partition coefficient (Wildman–Crippen LogP) is 3.55. The molecule has 184 valence electrons. The molecule has 1 N–H and O–H groups in total. The Labute approximate surface area is 202 Å². The summed E-state index contributed by atoms with van der Waals surface area (Å²) in [5.41, 5.74) is 4.78. The second-order valence-corrected chi connectivity index (χ2v) is 11.2.